The van der Waals surface area contributed by atoms with Gasteiger partial charge in [0.1, 0.15) is 23.9 Å². The van der Waals surface area contributed by atoms with Crippen LogP contribution in [0.15, 0.2) is 36.5 Å². The highest BCUT2D eigenvalue weighted by molar-refractivity contribution is 5.78. The summed E-state index contributed by atoms with van der Waals surface area (Å²) < 4.78 is 16.8. The van der Waals surface area contributed by atoms with E-state index in [1.807, 2.05) is 42.2 Å². The first-order valence-corrected chi connectivity index (χ1v) is 10.6. The van der Waals surface area contributed by atoms with Gasteiger partial charge in [-0.3, -0.25) is 9.78 Å². The Morgan fingerprint density at radius 3 is 2.67 bits per heavy atom. The Labute approximate surface area is 177 Å². The summed E-state index contributed by atoms with van der Waals surface area (Å²) >= 11 is 0. The fourth-order valence-corrected chi connectivity index (χ4v) is 3.62. The lowest BCUT2D eigenvalue weighted by atomic mass is 10.2. The van der Waals surface area contributed by atoms with Crippen molar-refractivity contribution in [1.29, 1.82) is 0 Å². The van der Waals surface area contributed by atoms with Crippen molar-refractivity contribution in [3.63, 3.8) is 0 Å². The number of aromatic nitrogens is 1. The average molecular weight is 412 g/mol. The fourth-order valence-electron chi connectivity index (χ4n) is 3.62. The van der Waals surface area contributed by atoms with E-state index in [1.54, 1.807) is 13.3 Å². The second kappa shape index (κ2) is 9.34. The molecule has 0 unspecified atom stereocenters. The van der Waals surface area contributed by atoms with E-state index < -0.39 is 0 Å². The molecular weight excluding hydrogens is 382 g/mol. The third-order valence-corrected chi connectivity index (χ3v) is 5.44. The highest BCUT2D eigenvalue weighted by Crippen LogP contribution is 2.39. The predicted octanol–water partition coefficient (Wildman–Crippen LogP) is 3.79. The van der Waals surface area contributed by atoms with Crippen molar-refractivity contribution >= 4 is 11.6 Å². The summed E-state index contributed by atoms with van der Waals surface area (Å²) in [6, 6.07) is 9.82. The molecule has 0 N–H and O–H groups in total. The van der Waals surface area contributed by atoms with Gasteiger partial charge < -0.3 is 24.0 Å². The van der Waals surface area contributed by atoms with Crippen LogP contribution in [0, 0.1) is 0 Å². The average Bonchev–Trinajstić information content (AvgIpc) is 3.63. The number of methoxy groups -OCH3 is 1. The standard InChI is InChI=1S/C23H29N3O4/c1-3-29-15-23(27)26-10-4-9-25(16-26)18-11-20(28-2)13-21(12-18)30-19-7-8-22(24-14-19)17-5-6-17/h7-8,11-14,17H,3-6,9-10,15-16H2,1-2H3. The summed E-state index contributed by atoms with van der Waals surface area (Å²) in [6.45, 7) is 4.69. The van der Waals surface area contributed by atoms with Gasteiger partial charge in [0.25, 0.3) is 0 Å². The lowest BCUT2D eigenvalue weighted by Gasteiger charge is -2.37. The number of hydrogen-bond acceptors (Lipinski definition) is 6. The molecule has 1 saturated carbocycles. The summed E-state index contributed by atoms with van der Waals surface area (Å²) in [5.74, 6) is 2.73. The van der Waals surface area contributed by atoms with E-state index in [9.17, 15) is 4.79 Å². The maximum atomic E-state index is 12.4. The van der Waals surface area contributed by atoms with Crippen molar-refractivity contribution < 1.29 is 19.0 Å². The third-order valence-electron chi connectivity index (χ3n) is 5.44. The van der Waals surface area contributed by atoms with Crippen molar-refractivity contribution in [2.45, 2.75) is 32.1 Å². The molecule has 2 fully saturated rings. The molecule has 7 nitrogen and oxygen atoms in total. The largest absolute Gasteiger partial charge is 0.497 e. The number of rotatable bonds is 8. The highest BCUT2D eigenvalue weighted by Gasteiger charge is 2.25. The minimum Gasteiger partial charge on any atom is -0.497 e. The number of anilines is 1. The highest BCUT2D eigenvalue weighted by atomic mass is 16.5. The van der Waals surface area contributed by atoms with Gasteiger partial charge in [0.15, 0.2) is 0 Å². The molecule has 0 radical (unpaired) electrons. The second-order valence-corrected chi connectivity index (χ2v) is 7.71. The molecule has 2 aliphatic rings. The predicted molar refractivity (Wildman–Crippen MR) is 114 cm³/mol. The van der Waals surface area contributed by atoms with Gasteiger partial charge in [0.2, 0.25) is 5.91 Å². The van der Waals surface area contributed by atoms with Gasteiger partial charge in [-0.25, -0.2) is 0 Å². The molecule has 1 aromatic heterocycles. The molecule has 1 aliphatic heterocycles. The minimum absolute atomic E-state index is 0.0164. The van der Waals surface area contributed by atoms with Gasteiger partial charge in [-0.2, -0.15) is 0 Å². The molecule has 7 heteroatoms. The summed E-state index contributed by atoms with van der Waals surface area (Å²) in [4.78, 5) is 20.9. The normalized spacial score (nSPS) is 16.5. The SMILES string of the molecule is CCOCC(=O)N1CCCN(c2cc(OC)cc(Oc3ccc(C4CC4)nc3)c2)C1. The van der Waals surface area contributed by atoms with Crippen LogP contribution in [0.3, 0.4) is 0 Å². The fraction of sp³-hybridized carbons (Fsp3) is 0.478. The molecule has 30 heavy (non-hydrogen) atoms. The van der Waals surface area contributed by atoms with Crippen LogP contribution in [0.25, 0.3) is 0 Å². The zero-order valence-electron chi connectivity index (χ0n) is 17.7. The summed E-state index contributed by atoms with van der Waals surface area (Å²) in [6.07, 6.45) is 5.14. The van der Waals surface area contributed by atoms with Gasteiger partial charge in [-0.1, -0.05) is 0 Å². The maximum absolute atomic E-state index is 12.4. The minimum atomic E-state index is 0.0164. The molecule has 4 rings (SSSR count). The van der Waals surface area contributed by atoms with Gasteiger partial charge in [0, 0.05) is 55.2 Å². The van der Waals surface area contributed by atoms with E-state index in [1.165, 1.54) is 12.8 Å². The molecule has 160 valence electrons. The zero-order chi connectivity index (χ0) is 20.9. The molecule has 1 saturated heterocycles. The van der Waals surface area contributed by atoms with Gasteiger partial charge >= 0.3 is 0 Å². The zero-order valence-corrected chi connectivity index (χ0v) is 17.7. The van der Waals surface area contributed by atoms with E-state index in [0.29, 0.717) is 36.4 Å². The lowest BCUT2D eigenvalue weighted by Crippen LogP contribution is -2.48. The van der Waals surface area contributed by atoms with Crippen molar-refractivity contribution in [2.24, 2.45) is 0 Å². The summed E-state index contributed by atoms with van der Waals surface area (Å²) in [5, 5.41) is 0. The molecule has 2 aromatic rings. The topological polar surface area (TPSA) is 64.1 Å². The molecule has 0 bridgehead atoms. The van der Waals surface area contributed by atoms with Gasteiger partial charge in [-0.15, -0.1) is 0 Å². The van der Waals surface area contributed by atoms with Crippen LogP contribution in [0.2, 0.25) is 0 Å². The molecule has 1 aliphatic carbocycles. The molecule has 1 amide bonds. The van der Waals surface area contributed by atoms with E-state index in [0.717, 1.165) is 30.9 Å². The Morgan fingerprint density at radius 2 is 1.97 bits per heavy atom. The van der Waals surface area contributed by atoms with Gasteiger partial charge in [-0.05, 0) is 38.3 Å². The van der Waals surface area contributed by atoms with Crippen molar-refractivity contribution in [3.05, 3.63) is 42.2 Å². The Bertz CT molecular complexity index is 867. The summed E-state index contributed by atoms with van der Waals surface area (Å²) in [7, 11) is 1.64. The van der Waals surface area contributed by atoms with E-state index in [2.05, 4.69) is 9.88 Å². The van der Waals surface area contributed by atoms with Gasteiger partial charge in [0.05, 0.1) is 20.0 Å². The van der Waals surface area contributed by atoms with Crippen molar-refractivity contribution in [2.75, 3.05) is 45.0 Å². The van der Waals surface area contributed by atoms with Crippen LogP contribution >= 0.6 is 0 Å². The maximum Gasteiger partial charge on any atom is 0.249 e. The van der Waals surface area contributed by atoms with E-state index in [4.69, 9.17) is 14.2 Å². The van der Waals surface area contributed by atoms with Crippen molar-refractivity contribution in [1.82, 2.24) is 9.88 Å². The second-order valence-electron chi connectivity index (χ2n) is 7.71. The lowest BCUT2D eigenvalue weighted by molar-refractivity contribution is -0.136. The Kier molecular flexibility index (Phi) is 6.38. The molecular formula is C23H29N3O4. The van der Waals surface area contributed by atoms with Crippen molar-refractivity contribution in [3.8, 4) is 17.2 Å². The Morgan fingerprint density at radius 1 is 1.13 bits per heavy atom. The molecule has 0 atom stereocenters. The summed E-state index contributed by atoms with van der Waals surface area (Å²) in [5.41, 5.74) is 2.10. The number of benzene rings is 1. The number of hydrogen-bond donors (Lipinski definition) is 0. The van der Waals surface area contributed by atoms with Crippen LogP contribution in [-0.4, -0.2) is 55.9 Å². The van der Waals surface area contributed by atoms with E-state index >= 15 is 0 Å². The van der Waals surface area contributed by atoms with Crippen LogP contribution in [0.4, 0.5) is 5.69 Å². The number of amides is 1. The number of ether oxygens (including phenoxy) is 3. The first-order chi connectivity index (χ1) is 14.7. The molecule has 1 aromatic carbocycles. The quantitative estimate of drug-likeness (QED) is 0.659. The number of nitrogens with zero attached hydrogens (tertiary/aromatic N) is 3. The van der Waals surface area contributed by atoms with E-state index in [-0.39, 0.29) is 12.5 Å². The number of carbonyl (C=O) groups is 1. The smallest absolute Gasteiger partial charge is 0.249 e. The molecule has 2 heterocycles. The number of pyridine rings is 1. The third kappa shape index (κ3) is 5.02. The van der Waals surface area contributed by atoms with Crippen LogP contribution in [0.5, 0.6) is 17.2 Å². The first kappa shape index (κ1) is 20.5. The van der Waals surface area contributed by atoms with Crippen LogP contribution in [0.1, 0.15) is 37.8 Å². The number of carbonyl (C=O) groups excluding carboxylic acids is 1. The van der Waals surface area contributed by atoms with Crippen LogP contribution < -0.4 is 14.4 Å². The Balaban J connectivity index is 1.48. The Hall–Kier alpha value is -2.80. The first-order valence-electron chi connectivity index (χ1n) is 10.6. The molecule has 0 spiro atoms. The van der Waals surface area contributed by atoms with Crippen LogP contribution in [-0.2, 0) is 9.53 Å². The monoisotopic (exact) mass is 411 g/mol.